The molecule has 84 valence electrons. The number of carboxylic acids is 1. The van der Waals surface area contributed by atoms with Crippen molar-refractivity contribution >= 4 is 18.6 Å². The highest BCUT2D eigenvalue weighted by Crippen LogP contribution is 2.28. The zero-order valence-corrected chi connectivity index (χ0v) is 8.54. The minimum Gasteiger partial charge on any atom is -0.478 e. The van der Waals surface area contributed by atoms with Crippen LogP contribution < -0.4 is 4.74 Å². The van der Waals surface area contributed by atoms with Gasteiger partial charge in [-0.2, -0.15) is 14.0 Å². The average molecular weight is 245 g/mol. The summed E-state index contributed by atoms with van der Waals surface area (Å²) in [7, 11) is 0. The first-order chi connectivity index (χ1) is 7.45. The second-order valence-electron chi connectivity index (χ2n) is 2.66. The maximum atomic E-state index is 12.0. The molecular weight excluding hydrogens is 240 g/mol. The molecule has 0 saturated carbocycles. The van der Waals surface area contributed by atoms with Gasteiger partial charge in [0.25, 0.3) is 0 Å². The summed E-state index contributed by atoms with van der Waals surface area (Å²) in [5, 5.41) is 17.3. The van der Waals surface area contributed by atoms with E-state index >= 15 is 0 Å². The van der Waals surface area contributed by atoms with Crippen molar-refractivity contribution in [2.45, 2.75) is 11.5 Å². The molecule has 0 atom stereocenters. The van der Waals surface area contributed by atoms with Crippen molar-refractivity contribution in [2.75, 3.05) is 0 Å². The van der Waals surface area contributed by atoms with Crippen LogP contribution in [0.1, 0.15) is 15.9 Å². The molecule has 0 fully saturated rings. The third-order valence-corrected chi connectivity index (χ3v) is 1.99. The van der Waals surface area contributed by atoms with Gasteiger partial charge in [0.2, 0.25) is 0 Å². The summed E-state index contributed by atoms with van der Waals surface area (Å²) in [6, 6.07) is 3.76. The van der Waals surface area contributed by atoms with Crippen LogP contribution in [0.3, 0.4) is 0 Å². The molecule has 0 aromatic heterocycles. The molecule has 1 aromatic carbocycles. The Labute approximate surface area is 94.5 Å². The molecule has 0 aliphatic rings. The van der Waals surface area contributed by atoms with Gasteiger partial charge in [-0.15, -0.1) is 12.6 Å². The first-order valence-corrected chi connectivity index (χ1v) is 4.35. The van der Waals surface area contributed by atoms with Crippen molar-refractivity contribution in [3.8, 4) is 11.8 Å². The van der Waals surface area contributed by atoms with Crippen LogP contribution in [0.15, 0.2) is 17.0 Å². The van der Waals surface area contributed by atoms with Crippen molar-refractivity contribution in [1.82, 2.24) is 0 Å². The lowest BCUT2D eigenvalue weighted by Gasteiger charge is -2.09. The molecule has 16 heavy (non-hydrogen) atoms. The summed E-state index contributed by atoms with van der Waals surface area (Å²) >= 11 is 3.80. The van der Waals surface area contributed by atoms with Crippen molar-refractivity contribution in [3.05, 3.63) is 23.3 Å². The summed E-state index contributed by atoms with van der Waals surface area (Å²) in [5.41, 5.74) is -0.506. The third-order valence-electron chi connectivity index (χ3n) is 1.64. The Bertz CT molecular complexity index is 471. The molecule has 0 aliphatic carbocycles. The number of aromatic carboxylic acids is 1. The van der Waals surface area contributed by atoms with Gasteiger partial charge in [-0.3, -0.25) is 0 Å². The Hall–Kier alpha value is -1.81. The number of carboxylic acid groups (broad SMARTS) is 1. The SMILES string of the molecule is N#Cc1cc(S)c(C(=O)O)c(OC(F)F)c1. The van der Waals surface area contributed by atoms with Crippen LogP contribution in [-0.4, -0.2) is 17.7 Å². The number of nitriles is 1. The van der Waals surface area contributed by atoms with E-state index in [0.717, 1.165) is 12.1 Å². The summed E-state index contributed by atoms with van der Waals surface area (Å²) in [4.78, 5) is 10.7. The molecular formula is C9H5F2NO3S. The lowest BCUT2D eigenvalue weighted by molar-refractivity contribution is -0.0505. The highest BCUT2D eigenvalue weighted by molar-refractivity contribution is 7.80. The molecule has 0 spiro atoms. The number of halogens is 2. The van der Waals surface area contributed by atoms with Crippen LogP contribution >= 0.6 is 12.6 Å². The molecule has 4 nitrogen and oxygen atoms in total. The number of nitrogens with zero attached hydrogens (tertiary/aromatic N) is 1. The Morgan fingerprint density at radius 2 is 2.19 bits per heavy atom. The predicted molar refractivity (Wildman–Crippen MR) is 52.0 cm³/mol. The summed E-state index contributed by atoms with van der Waals surface area (Å²) in [6.45, 7) is -3.17. The lowest BCUT2D eigenvalue weighted by Crippen LogP contribution is -2.09. The van der Waals surface area contributed by atoms with E-state index < -0.39 is 23.9 Å². The first kappa shape index (κ1) is 12.3. The van der Waals surface area contributed by atoms with Gasteiger partial charge in [0.15, 0.2) is 0 Å². The molecule has 1 aromatic rings. The Morgan fingerprint density at radius 3 is 2.62 bits per heavy atom. The predicted octanol–water partition coefficient (Wildman–Crippen LogP) is 2.15. The van der Waals surface area contributed by atoms with E-state index in [4.69, 9.17) is 10.4 Å². The quantitative estimate of drug-likeness (QED) is 0.800. The lowest BCUT2D eigenvalue weighted by atomic mass is 10.1. The van der Waals surface area contributed by atoms with Gasteiger partial charge in [-0.25, -0.2) is 4.79 Å². The fraction of sp³-hybridized carbons (Fsp3) is 0.111. The van der Waals surface area contributed by atoms with E-state index in [0.29, 0.717) is 0 Å². The van der Waals surface area contributed by atoms with Crippen molar-refractivity contribution in [3.63, 3.8) is 0 Å². The van der Waals surface area contributed by atoms with Gasteiger partial charge in [0, 0.05) is 4.90 Å². The normalized spacial score (nSPS) is 9.94. The van der Waals surface area contributed by atoms with E-state index in [-0.39, 0.29) is 10.5 Å². The van der Waals surface area contributed by atoms with Crippen LogP contribution in [-0.2, 0) is 0 Å². The van der Waals surface area contributed by atoms with Crippen molar-refractivity contribution in [1.29, 1.82) is 5.26 Å². The number of hydrogen-bond acceptors (Lipinski definition) is 4. The van der Waals surface area contributed by atoms with E-state index in [1.54, 1.807) is 6.07 Å². The van der Waals surface area contributed by atoms with Crippen molar-refractivity contribution in [2.24, 2.45) is 0 Å². The summed E-state index contributed by atoms with van der Waals surface area (Å²) < 4.78 is 28.0. The minimum absolute atomic E-state index is 0.00866. The highest BCUT2D eigenvalue weighted by atomic mass is 32.1. The van der Waals surface area contributed by atoms with Gasteiger partial charge < -0.3 is 9.84 Å². The third kappa shape index (κ3) is 2.61. The highest BCUT2D eigenvalue weighted by Gasteiger charge is 2.19. The van der Waals surface area contributed by atoms with E-state index in [1.165, 1.54) is 0 Å². The molecule has 0 amide bonds. The molecule has 0 aliphatic heterocycles. The van der Waals surface area contributed by atoms with E-state index in [2.05, 4.69) is 17.4 Å². The molecule has 7 heteroatoms. The van der Waals surface area contributed by atoms with Crippen LogP contribution in [0.4, 0.5) is 8.78 Å². The number of alkyl halides is 2. The topological polar surface area (TPSA) is 70.3 Å². The maximum Gasteiger partial charge on any atom is 0.387 e. The number of rotatable bonds is 3. The van der Waals surface area contributed by atoms with E-state index in [1.807, 2.05) is 0 Å². The number of hydrogen-bond donors (Lipinski definition) is 2. The standard InChI is InChI=1S/C9H5F2NO3S/c10-9(11)15-5-1-4(3-12)2-6(16)7(5)8(13)14/h1-2,9,16H,(H,13,14). The number of carbonyl (C=O) groups is 1. The fourth-order valence-corrected chi connectivity index (χ4v) is 1.41. The average Bonchev–Trinajstić information content (AvgIpc) is 2.14. The minimum atomic E-state index is -3.17. The number of benzene rings is 1. The Balaban J connectivity index is 3.35. The largest absolute Gasteiger partial charge is 0.478 e. The van der Waals surface area contributed by atoms with Gasteiger partial charge >= 0.3 is 12.6 Å². The number of ether oxygens (including phenoxy) is 1. The van der Waals surface area contributed by atoms with Crippen LogP contribution in [0.5, 0.6) is 5.75 Å². The molecule has 0 bridgehead atoms. The maximum absolute atomic E-state index is 12.0. The van der Waals surface area contributed by atoms with Crippen LogP contribution in [0.2, 0.25) is 0 Å². The second kappa shape index (κ2) is 4.81. The van der Waals surface area contributed by atoms with E-state index in [9.17, 15) is 13.6 Å². The summed E-state index contributed by atoms with van der Waals surface area (Å²) in [5.74, 6) is -2.03. The van der Waals surface area contributed by atoms with Crippen LogP contribution in [0.25, 0.3) is 0 Å². The zero-order chi connectivity index (χ0) is 12.3. The molecule has 0 unspecified atom stereocenters. The number of thiol groups is 1. The molecule has 1 rings (SSSR count). The van der Waals surface area contributed by atoms with Gasteiger partial charge in [-0.05, 0) is 12.1 Å². The smallest absolute Gasteiger partial charge is 0.387 e. The van der Waals surface area contributed by atoms with Crippen molar-refractivity contribution < 1.29 is 23.4 Å². The fourth-order valence-electron chi connectivity index (χ4n) is 1.07. The van der Waals surface area contributed by atoms with Gasteiger partial charge in [0.1, 0.15) is 11.3 Å². The molecule has 0 radical (unpaired) electrons. The van der Waals surface area contributed by atoms with Crippen LogP contribution in [0, 0.1) is 11.3 Å². The second-order valence-corrected chi connectivity index (χ2v) is 3.15. The molecule has 0 saturated heterocycles. The van der Waals surface area contributed by atoms with Gasteiger partial charge in [0.05, 0.1) is 11.6 Å². The monoisotopic (exact) mass is 245 g/mol. The zero-order valence-electron chi connectivity index (χ0n) is 7.65. The summed E-state index contributed by atoms with van der Waals surface area (Å²) in [6.07, 6.45) is 0. The molecule has 0 heterocycles. The Morgan fingerprint density at radius 1 is 1.56 bits per heavy atom. The Kier molecular flexibility index (Phi) is 3.68. The molecule has 1 N–H and O–H groups in total. The van der Waals surface area contributed by atoms with Gasteiger partial charge in [-0.1, -0.05) is 0 Å². The first-order valence-electron chi connectivity index (χ1n) is 3.91.